The van der Waals surface area contributed by atoms with Crippen LogP contribution >= 0.6 is 0 Å². The Labute approximate surface area is 64.0 Å². The van der Waals surface area contributed by atoms with Crippen LogP contribution in [0.2, 0.25) is 0 Å². The van der Waals surface area contributed by atoms with Crippen LogP contribution in [0.1, 0.15) is 27.7 Å². The molecule has 0 bridgehead atoms. The maximum atomic E-state index is 2.12. The first kappa shape index (κ1) is 9.22. The minimum atomic E-state index is 1.31. The molecule has 56 valence electrons. The van der Waals surface area contributed by atoms with Crippen LogP contribution in [0, 0.1) is 0 Å². The second kappa shape index (κ2) is 5.04. The summed E-state index contributed by atoms with van der Waals surface area (Å²) >= 11 is 0. The van der Waals surface area contributed by atoms with Crippen molar-refractivity contribution in [1.82, 2.24) is 0 Å². The van der Waals surface area contributed by atoms with E-state index in [1.807, 2.05) is 6.92 Å². The van der Waals surface area contributed by atoms with Crippen molar-refractivity contribution in [1.29, 1.82) is 0 Å². The Bertz CT molecular complexity index is 168. The van der Waals surface area contributed by atoms with Gasteiger partial charge >= 0.3 is 0 Å². The summed E-state index contributed by atoms with van der Waals surface area (Å²) < 4.78 is 0. The van der Waals surface area contributed by atoms with E-state index in [1.165, 1.54) is 11.1 Å². The van der Waals surface area contributed by atoms with E-state index < -0.39 is 0 Å². The lowest BCUT2D eigenvalue weighted by Gasteiger charge is -1.98. The highest BCUT2D eigenvalue weighted by atomic mass is 13.9. The molecule has 0 nitrogen and oxygen atoms in total. The first-order valence-electron chi connectivity index (χ1n) is 3.68. The highest BCUT2D eigenvalue weighted by Crippen LogP contribution is 2.09. The van der Waals surface area contributed by atoms with Gasteiger partial charge in [-0.1, -0.05) is 24.3 Å². The van der Waals surface area contributed by atoms with E-state index >= 15 is 0 Å². The number of allylic oxidation sites excluding steroid dienone is 6. The van der Waals surface area contributed by atoms with Crippen molar-refractivity contribution in [3.63, 3.8) is 0 Å². The molecule has 0 rings (SSSR count). The quantitative estimate of drug-likeness (QED) is 0.510. The molecular weight excluding hydrogens is 120 g/mol. The lowest BCUT2D eigenvalue weighted by Crippen LogP contribution is -1.78. The summed E-state index contributed by atoms with van der Waals surface area (Å²) in [6.45, 7) is 8.27. The molecule has 0 aromatic rings. The highest BCUT2D eigenvalue weighted by Gasteiger charge is 1.89. The Morgan fingerprint density at radius 3 is 1.90 bits per heavy atom. The third-order valence-electron chi connectivity index (χ3n) is 1.55. The fourth-order valence-corrected chi connectivity index (χ4v) is 0.802. The molecule has 0 atom stereocenters. The van der Waals surface area contributed by atoms with Gasteiger partial charge in [0.05, 0.1) is 0 Å². The van der Waals surface area contributed by atoms with E-state index in [9.17, 15) is 0 Å². The van der Waals surface area contributed by atoms with Crippen LogP contribution in [-0.4, -0.2) is 0 Å². The zero-order valence-corrected chi connectivity index (χ0v) is 7.31. The predicted octanol–water partition coefficient (Wildman–Crippen LogP) is 3.48. The van der Waals surface area contributed by atoms with Crippen LogP contribution in [0.3, 0.4) is 0 Å². The van der Waals surface area contributed by atoms with Crippen molar-refractivity contribution in [2.24, 2.45) is 0 Å². The predicted molar refractivity (Wildman–Crippen MR) is 48.0 cm³/mol. The molecule has 0 saturated carbocycles. The van der Waals surface area contributed by atoms with Crippen LogP contribution in [0.4, 0.5) is 0 Å². The zero-order valence-electron chi connectivity index (χ0n) is 7.31. The standard InChI is InChI=1S/C10H16/c1-5-8-10(7-3)9(4)6-2/h5-8H,1-4H3/b8-5-,9-6+,10-7+. The lowest BCUT2D eigenvalue weighted by molar-refractivity contribution is 1.37. The molecule has 0 aromatic carbocycles. The van der Waals surface area contributed by atoms with Gasteiger partial charge in [0, 0.05) is 0 Å². The van der Waals surface area contributed by atoms with E-state index in [4.69, 9.17) is 0 Å². The summed E-state index contributed by atoms with van der Waals surface area (Å²) in [6, 6.07) is 0. The molecule has 0 spiro atoms. The molecule has 0 unspecified atom stereocenters. The van der Waals surface area contributed by atoms with Gasteiger partial charge in [-0.15, -0.1) is 0 Å². The fourth-order valence-electron chi connectivity index (χ4n) is 0.802. The molecule has 0 amide bonds. The SMILES string of the molecule is C\C=C/C(=C\C)C(/C)=C/C. The highest BCUT2D eigenvalue weighted by molar-refractivity contribution is 5.37. The number of rotatable bonds is 2. The first-order chi connectivity index (χ1) is 4.76. The largest absolute Gasteiger partial charge is 0.0871 e. The molecule has 0 fully saturated rings. The van der Waals surface area contributed by atoms with E-state index in [2.05, 4.69) is 45.1 Å². The van der Waals surface area contributed by atoms with Gasteiger partial charge in [0.1, 0.15) is 0 Å². The average Bonchev–Trinajstić information content (AvgIpc) is 1.99. The Morgan fingerprint density at radius 2 is 1.60 bits per heavy atom. The van der Waals surface area contributed by atoms with Gasteiger partial charge in [-0.25, -0.2) is 0 Å². The average molecular weight is 136 g/mol. The normalized spacial score (nSPS) is 14.8. The minimum Gasteiger partial charge on any atom is -0.0871 e. The third kappa shape index (κ3) is 2.67. The summed E-state index contributed by atoms with van der Waals surface area (Å²) in [5.74, 6) is 0. The van der Waals surface area contributed by atoms with Gasteiger partial charge in [0.2, 0.25) is 0 Å². The van der Waals surface area contributed by atoms with Gasteiger partial charge in [-0.2, -0.15) is 0 Å². The van der Waals surface area contributed by atoms with Gasteiger partial charge in [0.15, 0.2) is 0 Å². The monoisotopic (exact) mass is 136 g/mol. The molecule has 0 aliphatic carbocycles. The molecular formula is C10H16. The maximum absolute atomic E-state index is 2.12. The van der Waals surface area contributed by atoms with Gasteiger partial charge < -0.3 is 0 Å². The van der Waals surface area contributed by atoms with E-state index in [-0.39, 0.29) is 0 Å². The van der Waals surface area contributed by atoms with Crippen molar-refractivity contribution in [3.8, 4) is 0 Å². The molecule has 0 heterocycles. The van der Waals surface area contributed by atoms with Gasteiger partial charge in [0.25, 0.3) is 0 Å². The molecule has 0 aliphatic rings. The molecule has 10 heavy (non-hydrogen) atoms. The second-order valence-electron chi connectivity index (χ2n) is 2.22. The maximum Gasteiger partial charge on any atom is -0.0277 e. The summed E-state index contributed by atoms with van der Waals surface area (Å²) in [4.78, 5) is 0. The van der Waals surface area contributed by atoms with E-state index in [0.29, 0.717) is 0 Å². The molecule has 0 aliphatic heterocycles. The van der Waals surface area contributed by atoms with E-state index in [1.54, 1.807) is 0 Å². The van der Waals surface area contributed by atoms with Crippen LogP contribution in [0.15, 0.2) is 35.5 Å². The van der Waals surface area contributed by atoms with Crippen LogP contribution < -0.4 is 0 Å². The number of hydrogen-bond acceptors (Lipinski definition) is 0. The van der Waals surface area contributed by atoms with Gasteiger partial charge in [-0.3, -0.25) is 0 Å². The van der Waals surface area contributed by atoms with Crippen LogP contribution in [0.25, 0.3) is 0 Å². The van der Waals surface area contributed by atoms with Crippen molar-refractivity contribution in [2.45, 2.75) is 27.7 Å². The third-order valence-corrected chi connectivity index (χ3v) is 1.55. The Morgan fingerprint density at radius 1 is 1.00 bits per heavy atom. The molecule has 0 heteroatoms. The molecule has 0 N–H and O–H groups in total. The fraction of sp³-hybridized carbons (Fsp3) is 0.400. The van der Waals surface area contributed by atoms with Crippen LogP contribution in [-0.2, 0) is 0 Å². The Hall–Kier alpha value is -0.780. The smallest absolute Gasteiger partial charge is 0.0277 e. The van der Waals surface area contributed by atoms with Crippen molar-refractivity contribution < 1.29 is 0 Å². The summed E-state index contributed by atoms with van der Waals surface area (Å²) in [6.07, 6.45) is 8.42. The Balaban J connectivity index is 4.39. The van der Waals surface area contributed by atoms with E-state index in [0.717, 1.165) is 0 Å². The number of hydrogen-bond donors (Lipinski definition) is 0. The summed E-state index contributed by atoms with van der Waals surface area (Å²) in [5, 5.41) is 0. The minimum absolute atomic E-state index is 1.31. The van der Waals surface area contributed by atoms with Crippen molar-refractivity contribution >= 4 is 0 Å². The summed E-state index contributed by atoms with van der Waals surface area (Å²) in [5.41, 5.74) is 2.64. The lowest BCUT2D eigenvalue weighted by atomic mass is 10.1. The molecule has 0 aromatic heterocycles. The molecule has 0 radical (unpaired) electrons. The Kier molecular flexibility index (Phi) is 4.65. The topological polar surface area (TPSA) is 0 Å². The zero-order chi connectivity index (χ0) is 7.98. The molecule has 0 saturated heterocycles. The summed E-state index contributed by atoms with van der Waals surface area (Å²) in [7, 11) is 0. The van der Waals surface area contributed by atoms with Crippen molar-refractivity contribution in [3.05, 3.63) is 35.5 Å². The van der Waals surface area contributed by atoms with Crippen LogP contribution in [0.5, 0.6) is 0 Å². The van der Waals surface area contributed by atoms with Crippen molar-refractivity contribution in [2.75, 3.05) is 0 Å². The first-order valence-corrected chi connectivity index (χ1v) is 3.68. The second-order valence-corrected chi connectivity index (χ2v) is 2.22. The van der Waals surface area contributed by atoms with Gasteiger partial charge in [-0.05, 0) is 38.8 Å².